The lowest BCUT2D eigenvalue weighted by atomic mass is 9.79. The standard InChI is InChI=1S/C20H31N3O2/c1-15-4-3-5-16(2)20(15)21-14-19(24)22-17-6-8-18(9-7-17)23-10-12-25-13-11-23/h6-9,15-16,20-21H,3-5,10-14H2,1-2H3,(H,22,24)/t15-,16-/m1/s1. The Kier molecular flexibility index (Phi) is 6.32. The summed E-state index contributed by atoms with van der Waals surface area (Å²) in [5.74, 6) is 1.32. The van der Waals surface area contributed by atoms with Crippen molar-refractivity contribution in [2.24, 2.45) is 11.8 Å². The number of carbonyl (C=O) groups excluding carboxylic acids is 1. The molecule has 1 heterocycles. The summed E-state index contributed by atoms with van der Waals surface area (Å²) in [7, 11) is 0. The van der Waals surface area contributed by atoms with Crippen LogP contribution in [0, 0.1) is 11.8 Å². The molecule has 1 amide bonds. The third-order valence-electron chi connectivity index (χ3n) is 5.57. The molecule has 5 heteroatoms. The Balaban J connectivity index is 1.47. The number of amides is 1. The number of nitrogens with one attached hydrogen (secondary N) is 2. The largest absolute Gasteiger partial charge is 0.378 e. The van der Waals surface area contributed by atoms with Gasteiger partial charge in [0.1, 0.15) is 0 Å². The molecular weight excluding hydrogens is 314 g/mol. The molecule has 0 unspecified atom stereocenters. The normalized spacial score (nSPS) is 25.0. The Hall–Kier alpha value is -1.59. The quantitative estimate of drug-likeness (QED) is 0.862. The van der Waals surface area contributed by atoms with E-state index in [4.69, 9.17) is 4.74 Å². The van der Waals surface area contributed by atoms with Crippen LogP contribution in [0.5, 0.6) is 0 Å². The molecule has 1 aliphatic heterocycles. The van der Waals surface area contributed by atoms with Gasteiger partial charge in [-0.3, -0.25) is 4.79 Å². The van der Waals surface area contributed by atoms with Gasteiger partial charge in [-0.1, -0.05) is 20.3 Å². The highest BCUT2D eigenvalue weighted by Crippen LogP contribution is 2.28. The van der Waals surface area contributed by atoms with Crippen LogP contribution in [0.25, 0.3) is 0 Å². The van der Waals surface area contributed by atoms with Crippen LogP contribution in [0.15, 0.2) is 24.3 Å². The lowest BCUT2D eigenvalue weighted by Crippen LogP contribution is -2.45. The highest BCUT2D eigenvalue weighted by molar-refractivity contribution is 5.92. The zero-order chi connectivity index (χ0) is 17.6. The lowest BCUT2D eigenvalue weighted by molar-refractivity contribution is -0.115. The highest BCUT2D eigenvalue weighted by atomic mass is 16.5. The number of ether oxygens (including phenoxy) is 1. The van der Waals surface area contributed by atoms with E-state index < -0.39 is 0 Å². The molecule has 2 fully saturated rings. The third-order valence-corrected chi connectivity index (χ3v) is 5.57. The fourth-order valence-electron chi connectivity index (χ4n) is 4.08. The van der Waals surface area contributed by atoms with Crippen molar-refractivity contribution in [1.82, 2.24) is 5.32 Å². The number of morpholine rings is 1. The second kappa shape index (κ2) is 8.68. The Labute approximate surface area is 151 Å². The van der Waals surface area contributed by atoms with Crippen LogP contribution in [0.3, 0.4) is 0 Å². The molecule has 0 radical (unpaired) electrons. The van der Waals surface area contributed by atoms with Gasteiger partial charge < -0.3 is 20.3 Å². The predicted molar refractivity (Wildman–Crippen MR) is 102 cm³/mol. The summed E-state index contributed by atoms with van der Waals surface area (Å²) in [6, 6.07) is 8.55. The molecule has 3 rings (SSSR count). The van der Waals surface area contributed by atoms with Gasteiger partial charge in [0.15, 0.2) is 0 Å². The lowest BCUT2D eigenvalue weighted by Gasteiger charge is -2.35. The summed E-state index contributed by atoms with van der Waals surface area (Å²) in [5, 5.41) is 6.47. The second-order valence-corrected chi connectivity index (χ2v) is 7.49. The highest BCUT2D eigenvalue weighted by Gasteiger charge is 2.27. The molecule has 0 bridgehead atoms. The van der Waals surface area contributed by atoms with Crippen molar-refractivity contribution in [3.8, 4) is 0 Å². The molecule has 5 nitrogen and oxygen atoms in total. The summed E-state index contributed by atoms with van der Waals surface area (Å²) >= 11 is 0. The maximum absolute atomic E-state index is 12.3. The van der Waals surface area contributed by atoms with E-state index in [1.54, 1.807) is 0 Å². The molecule has 0 aromatic heterocycles. The van der Waals surface area contributed by atoms with Crippen LogP contribution in [0.2, 0.25) is 0 Å². The second-order valence-electron chi connectivity index (χ2n) is 7.49. The Morgan fingerprint density at radius 2 is 1.76 bits per heavy atom. The first-order valence-corrected chi connectivity index (χ1v) is 9.59. The summed E-state index contributed by atoms with van der Waals surface area (Å²) < 4.78 is 5.38. The topological polar surface area (TPSA) is 53.6 Å². The molecule has 2 atom stereocenters. The van der Waals surface area contributed by atoms with Gasteiger partial charge >= 0.3 is 0 Å². The molecular formula is C20H31N3O2. The van der Waals surface area contributed by atoms with Gasteiger partial charge in [-0.25, -0.2) is 0 Å². The average Bonchev–Trinajstić information content (AvgIpc) is 2.63. The van der Waals surface area contributed by atoms with Gasteiger partial charge in [0, 0.05) is 30.5 Å². The number of hydrogen-bond acceptors (Lipinski definition) is 4. The van der Waals surface area contributed by atoms with Gasteiger partial charge in [-0.05, 0) is 48.9 Å². The van der Waals surface area contributed by atoms with Crippen molar-refractivity contribution in [2.45, 2.75) is 39.2 Å². The molecule has 1 aliphatic carbocycles. The SMILES string of the molecule is C[C@@H]1CCC[C@@H](C)C1NCC(=O)Nc1ccc(N2CCOCC2)cc1. The molecule has 1 saturated heterocycles. The van der Waals surface area contributed by atoms with Gasteiger partial charge in [-0.15, -0.1) is 0 Å². The van der Waals surface area contributed by atoms with E-state index in [2.05, 4.69) is 41.5 Å². The molecule has 1 saturated carbocycles. The van der Waals surface area contributed by atoms with Crippen molar-refractivity contribution < 1.29 is 9.53 Å². The monoisotopic (exact) mass is 345 g/mol. The summed E-state index contributed by atoms with van der Waals surface area (Å²) in [5.41, 5.74) is 2.04. The molecule has 1 aromatic carbocycles. The minimum absolute atomic E-state index is 0.0316. The van der Waals surface area contributed by atoms with Crippen molar-refractivity contribution in [1.29, 1.82) is 0 Å². The van der Waals surface area contributed by atoms with Crippen LogP contribution < -0.4 is 15.5 Å². The summed E-state index contributed by atoms with van der Waals surface area (Å²) in [4.78, 5) is 14.6. The van der Waals surface area contributed by atoms with E-state index in [-0.39, 0.29) is 5.91 Å². The summed E-state index contributed by atoms with van der Waals surface area (Å²) in [6.45, 7) is 8.36. The molecule has 25 heavy (non-hydrogen) atoms. The number of rotatable bonds is 5. The Bertz CT molecular complexity index is 545. The molecule has 0 spiro atoms. The number of nitrogens with zero attached hydrogens (tertiary/aromatic N) is 1. The van der Waals surface area contributed by atoms with Crippen molar-refractivity contribution in [3.63, 3.8) is 0 Å². The first kappa shape index (κ1) is 18.2. The first-order chi connectivity index (χ1) is 12.1. The van der Waals surface area contributed by atoms with E-state index in [1.807, 2.05) is 12.1 Å². The fourth-order valence-corrected chi connectivity index (χ4v) is 4.08. The predicted octanol–water partition coefficient (Wildman–Crippen LogP) is 2.88. The van der Waals surface area contributed by atoms with E-state index in [1.165, 1.54) is 24.9 Å². The van der Waals surface area contributed by atoms with Crippen LogP contribution in [-0.4, -0.2) is 44.8 Å². The minimum Gasteiger partial charge on any atom is -0.378 e. The van der Waals surface area contributed by atoms with E-state index >= 15 is 0 Å². The minimum atomic E-state index is 0.0316. The van der Waals surface area contributed by atoms with Crippen molar-refractivity contribution in [3.05, 3.63) is 24.3 Å². The van der Waals surface area contributed by atoms with Crippen molar-refractivity contribution in [2.75, 3.05) is 43.1 Å². The Morgan fingerprint density at radius 1 is 1.12 bits per heavy atom. The zero-order valence-electron chi connectivity index (χ0n) is 15.5. The van der Waals surface area contributed by atoms with E-state index in [0.29, 0.717) is 24.4 Å². The number of anilines is 2. The van der Waals surface area contributed by atoms with Crippen LogP contribution in [-0.2, 0) is 9.53 Å². The average molecular weight is 345 g/mol. The van der Waals surface area contributed by atoms with E-state index in [0.717, 1.165) is 32.0 Å². The molecule has 2 N–H and O–H groups in total. The van der Waals surface area contributed by atoms with Crippen LogP contribution in [0.1, 0.15) is 33.1 Å². The molecule has 2 aliphatic rings. The summed E-state index contributed by atoms with van der Waals surface area (Å²) in [6.07, 6.45) is 3.82. The maximum atomic E-state index is 12.3. The smallest absolute Gasteiger partial charge is 0.238 e. The Morgan fingerprint density at radius 3 is 2.40 bits per heavy atom. The molecule has 1 aromatic rings. The van der Waals surface area contributed by atoms with Gasteiger partial charge in [0.05, 0.1) is 19.8 Å². The zero-order valence-corrected chi connectivity index (χ0v) is 15.5. The van der Waals surface area contributed by atoms with Gasteiger partial charge in [-0.2, -0.15) is 0 Å². The maximum Gasteiger partial charge on any atom is 0.238 e. The molecule has 138 valence electrons. The van der Waals surface area contributed by atoms with Crippen LogP contribution >= 0.6 is 0 Å². The third kappa shape index (κ3) is 4.95. The fraction of sp³-hybridized carbons (Fsp3) is 0.650. The number of carbonyl (C=O) groups is 1. The van der Waals surface area contributed by atoms with Crippen LogP contribution in [0.4, 0.5) is 11.4 Å². The van der Waals surface area contributed by atoms with E-state index in [9.17, 15) is 4.79 Å². The number of benzene rings is 1. The van der Waals surface area contributed by atoms with Gasteiger partial charge in [0.2, 0.25) is 5.91 Å². The first-order valence-electron chi connectivity index (χ1n) is 9.59. The van der Waals surface area contributed by atoms with Gasteiger partial charge in [0.25, 0.3) is 0 Å². The number of hydrogen-bond donors (Lipinski definition) is 2. The van der Waals surface area contributed by atoms with Crippen molar-refractivity contribution >= 4 is 17.3 Å².